The first-order chi connectivity index (χ1) is 6.70. The van der Waals surface area contributed by atoms with Crippen molar-refractivity contribution < 1.29 is 19.1 Å². The normalized spacial score (nSPS) is 9.57. The molecule has 0 saturated carbocycles. The molecule has 0 radical (unpaired) electrons. The highest BCUT2D eigenvalue weighted by Gasteiger charge is 2.19. The van der Waals surface area contributed by atoms with E-state index in [0.29, 0.717) is 0 Å². The second-order valence-electron chi connectivity index (χ2n) is 2.41. The maximum absolute atomic E-state index is 11.3. The van der Waals surface area contributed by atoms with Gasteiger partial charge in [-0.05, 0) is 6.92 Å². The van der Waals surface area contributed by atoms with E-state index in [9.17, 15) is 9.59 Å². The lowest BCUT2D eigenvalue weighted by Crippen LogP contribution is -2.10. The lowest BCUT2D eigenvalue weighted by Gasteiger charge is -2.01. The molecule has 0 aliphatic carbocycles. The second kappa shape index (κ2) is 4.76. The first-order valence-corrected chi connectivity index (χ1v) is 4.96. The van der Waals surface area contributed by atoms with Crippen LogP contribution < -0.4 is 0 Å². The van der Waals surface area contributed by atoms with Crippen LogP contribution in [0.3, 0.4) is 0 Å². The zero-order valence-electron chi connectivity index (χ0n) is 7.90. The summed E-state index contributed by atoms with van der Waals surface area (Å²) in [6, 6.07) is 0. The van der Waals surface area contributed by atoms with Crippen LogP contribution >= 0.6 is 11.3 Å². The topological polar surface area (TPSA) is 52.6 Å². The summed E-state index contributed by atoms with van der Waals surface area (Å²) in [4.78, 5) is 22.5. The van der Waals surface area contributed by atoms with E-state index < -0.39 is 11.9 Å². The number of hydrogen-bond donors (Lipinski definition) is 0. The average molecular weight is 214 g/mol. The van der Waals surface area contributed by atoms with Crippen LogP contribution in [0.4, 0.5) is 0 Å². The SMILES string of the molecule is CCOC(=O)c1cscc1C(=O)OC. The monoisotopic (exact) mass is 214 g/mol. The summed E-state index contributed by atoms with van der Waals surface area (Å²) in [6.45, 7) is 2.00. The van der Waals surface area contributed by atoms with E-state index in [1.54, 1.807) is 17.7 Å². The van der Waals surface area contributed by atoms with Gasteiger partial charge in [-0.2, -0.15) is 11.3 Å². The van der Waals surface area contributed by atoms with Crippen LogP contribution in [-0.2, 0) is 9.47 Å². The van der Waals surface area contributed by atoms with Gasteiger partial charge in [0.25, 0.3) is 0 Å². The summed E-state index contributed by atoms with van der Waals surface area (Å²) in [7, 11) is 1.27. The Balaban J connectivity index is 2.92. The van der Waals surface area contributed by atoms with Crippen molar-refractivity contribution in [2.45, 2.75) is 6.92 Å². The highest BCUT2D eigenvalue weighted by atomic mass is 32.1. The van der Waals surface area contributed by atoms with E-state index in [1.165, 1.54) is 18.4 Å². The highest BCUT2D eigenvalue weighted by molar-refractivity contribution is 7.08. The third-order valence-electron chi connectivity index (χ3n) is 1.56. The standard InChI is InChI=1S/C9H10O4S/c1-3-13-9(11)7-5-14-4-6(7)8(10)12-2/h4-5H,3H2,1-2H3. The zero-order chi connectivity index (χ0) is 10.6. The lowest BCUT2D eigenvalue weighted by molar-refractivity contribution is 0.0505. The molecule has 0 aromatic carbocycles. The Labute approximate surface area is 85.4 Å². The largest absolute Gasteiger partial charge is 0.465 e. The fourth-order valence-corrected chi connectivity index (χ4v) is 1.72. The third kappa shape index (κ3) is 2.11. The van der Waals surface area contributed by atoms with E-state index >= 15 is 0 Å². The number of hydrogen-bond acceptors (Lipinski definition) is 5. The summed E-state index contributed by atoms with van der Waals surface area (Å²) in [5.74, 6) is -1.01. The van der Waals surface area contributed by atoms with Crippen molar-refractivity contribution >= 4 is 23.3 Å². The molecule has 0 atom stereocenters. The number of carbonyl (C=O) groups excluding carboxylic acids is 2. The van der Waals surface area contributed by atoms with Crippen molar-refractivity contribution in [2.24, 2.45) is 0 Å². The van der Waals surface area contributed by atoms with Gasteiger partial charge in [-0.15, -0.1) is 0 Å². The van der Waals surface area contributed by atoms with Crippen molar-refractivity contribution in [3.8, 4) is 0 Å². The number of methoxy groups -OCH3 is 1. The number of thiophene rings is 1. The van der Waals surface area contributed by atoms with Crippen LogP contribution in [0, 0.1) is 0 Å². The minimum Gasteiger partial charge on any atom is -0.465 e. The Morgan fingerprint density at radius 2 is 1.86 bits per heavy atom. The van der Waals surface area contributed by atoms with Crippen molar-refractivity contribution in [1.29, 1.82) is 0 Å². The lowest BCUT2D eigenvalue weighted by atomic mass is 10.2. The van der Waals surface area contributed by atoms with Crippen LogP contribution in [0.15, 0.2) is 10.8 Å². The minimum absolute atomic E-state index is 0.260. The van der Waals surface area contributed by atoms with Crippen LogP contribution in [0.25, 0.3) is 0 Å². The molecule has 0 amide bonds. The molecule has 1 heterocycles. The van der Waals surface area contributed by atoms with Gasteiger partial charge in [0, 0.05) is 10.8 Å². The molecular formula is C9H10O4S. The van der Waals surface area contributed by atoms with Gasteiger partial charge in [0.2, 0.25) is 0 Å². The van der Waals surface area contributed by atoms with E-state index in [-0.39, 0.29) is 17.7 Å². The Bertz CT molecular complexity index is 342. The predicted molar refractivity (Wildman–Crippen MR) is 51.6 cm³/mol. The van der Waals surface area contributed by atoms with Gasteiger partial charge < -0.3 is 9.47 Å². The van der Waals surface area contributed by atoms with E-state index in [4.69, 9.17) is 4.74 Å². The minimum atomic E-state index is -0.519. The Morgan fingerprint density at radius 1 is 1.29 bits per heavy atom. The molecule has 0 N–H and O–H groups in total. The molecule has 14 heavy (non-hydrogen) atoms. The molecular weight excluding hydrogens is 204 g/mol. The third-order valence-corrected chi connectivity index (χ3v) is 2.31. The highest BCUT2D eigenvalue weighted by Crippen LogP contribution is 2.17. The molecule has 0 unspecified atom stereocenters. The Hall–Kier alpha value is -1.36. The molecule has 0 aliphatic rings. The van der Waals surface area contributed by atoms with Crippen LogP contribution in [0.5, 0.6) is 0 Å². The fraction of sp³-hybridized carbons (Fsp3) is 0.333. The summed E-state index contributed by atoms with van der Waals surface area (Å²) >= 11 is 1.26. The van der Waals surface area contributed by atoms with Gasteiger partial charge in [0.1, 0.15) is 0 Å². The van der Waals surface area contributed by atoms with Gasteiger partial charge in [-0.1, -0.05) is 0 Å². The first-order valence-electron chi connectivity index (χ1n) is 4.02. The van der Waals surface area contributed by atoms with Crippen LogP contribution in [0.2, 0.25) is 0 Å². The van der Waals surface area contributed by atoms with Gasteiger partial charge in [0.15, 0.2) is 0 Å². The van der Waals surface area contributed by atoms with Crippen LogP contribution in [0.1, 0.15) is 27.6 Å². The second-order valence-corrected chi connectivity index (χ2v) is 3.15. The van der Waals surface area contributed by atoms with Crippen molar-refractivity contribution in [1.82, 2.24) is 0 Å². The van der Waals surface area contributed by atoms with Crippen molar-refractivity contribution in [3.05, 3.63) is 21.9 Å². The zero-order valence-corrected chi connectivity index (χ0v) is 8.72. The molecule has 1 aromatic heterocycles. The van der Waals surface area contributed by atoms with E-state index in [1.807, 2.05) is 0 Å². The molecule has 5 heteroatoms. The molecule has 1 rings (SSSR count). The Morgan fingerprint density at radius 3 is 2.36 bits per heavy atom. The molecule has 76 valence electrons. The molecule has 0 spiro atoms. The summed E-state index contributed by atoms with van der Waals surface area (Å²) in [5, 5.41) is 3.14. The van der Waals surface area contributed by atoms with Crippen LogP contribution in [-0.4, -0.2) is 25.7 Å². The number of carbonyl (C=O) groups is 2. The average Bonchev–Trinajstić information content (AvgIpc) is 2.65. The van der Waals surface area contributed by atoms with Gasteiger partial charge in [0.05, 0.1) is 24.8 Å². The molecule has 0 aliphatic heterocycles. The predicted octanol–water partition coefficient (Wildman–Crippen LogP) is 1.71. The summed E-state index contributed by atoms with van der Waals surface area (Å²) < 4.78 is 9.31. The number of esters is 2. The maximum atomic E-state index is 11.3. The molecule has 0 fully saturated rings. The molecule has 1 aromatic rings. The summed E-state index contributed by atoms with van der Waals surface area (Å²) in [6.07, 6.45) is 0. The van der Waals surface area contributed by atoms with Crippen molar-refractivity contribution in [3.63, 3.8) is 0 Å². The fourth-order valence-electron chi connectivity index (χ4n) is 0.932. The molecule has 4 nitrogen and oxygen atoms in total. The molecule has 0 saturated heterocycles. The van der Waals surface area contributed by atoms with Crippen molar-refractivity contribution in [2.75, 3.05) is 13.7 Å². The van der Waals surface area contributed by atoms with Gasteiger partial charge in [-0.25, -0.2) is 9.59 Å². The quantitative estimate of drug-likeness (QED) is 0.719. The van der Waals surface area contributed by atoms with Gasteiger partial charge in [-0.3, -0.25) is 0 Å². The number of rotatable bonds is 3. The van der Waals surface area contributed by atoms with E-state index in [2.05, 4.69) is 4.74 Å². The number of ether oxygens (including phenoxy) is 2. The van der Waals surface area contributed by atoms with E-state index in [0.717, 1.165) is 0 Å². The maximum Gasteiger partial charge on any atom is 0.339 e. The smallest absolute Gasteiger partial charge is 0.339 e. The Kier molecular flexibility index (Phi) is 3.64. The van der Waals surface area contributed by atoms with Gasteiger partial charge >= 0.3 is 11.9 Å². The first kappa shape index (κ1) is 10.7. The summed E-state index contributed by atoms with van der Waals surface area (Å²) in [5.41, 5.74) is 0.527. The molecule has 0 bridgehead atoms.